The Balaban J connectivity index is 1.79. The fourth-order valence-corrected chi connectivity index (χ4v) is 4.93. The molecule has 0 spiro atoms. The maximum absolute atomic E-state index is 15.7. The largest absolute Gasteiger partial charge is 0.477 e. The molecule has 1 aliphatic heterocycles. The third-order valence-electron chi connectivity index (χ3n) is 6.43. The highest BCUT2D eigenvalue weighted by Crippen LogP contribution is 2.63. The van der Waals surface area contributed by atoms with Gasteiger partial charge in [0.05, 0.1) is 17.1 Å². The highest BCUT2D eigenvalue weighted by Gasteiger charge is 2.58. The highest BCUT2D eigenvalue weighted by molar-refractivity contribution is 5.94. The van der Waals surface area contributed by atoms with E-state index in [1.165, 1.54) is 11.1 Å². The molecule has 3 aliphatic carbocycles. The quantitative estimate of drug-likeness (QED) is 0.728. The molecule has 4 N–H and O–H groups in total. The predicted octanol–water partition coefficient (Wildman–Crippen LogP) is 1.18. The van der Waals surface area contributed by atoms with Crippen molar-refractivity contribution in [2.75, 3.05) is 24.5 Å². The topological polar surface area (TPSA) is 101 Å². The number of halogens is 2. The van der Waals surface area contributed by atoms with Crippen LogP contribution in [0, 0.1) is 17.6 Å². The molecule has 1 saturated heterocycles. The summed E-state index contributed by atoms with van der Waals surface area (Å²) in [7, 11) is 0. The molecule has 6 rings (SSSR count). The van der Waals surface area contributed by atoms with E-state index in [9.17, 15) is 19.1 Å². The number of fused-ring (bicyclic) bond motifs is 1. The Kier molecular flexibility index (Phi) is 3.60. The van der Waals surface area contributed by atoms with Crippen molar-refractivity contribution < 1.29 is 18.7 Å². The van der Waals surface area contributed by atoms with E-state index >= 15 is 4.39 Å². The molecule has 7 nitrogen and oxygen atoms in total. The molecular formula is C19H20F2N4O3. The lowest BCUT2D eigenvalue weighted by atomic mass is 9.49. The van der Waals surface area contributed by atoms with Gasteiger partial charge in [0.25, 0.3) is 0 Å². The molecule has 0 amide bonds. The number of aromatic nitrogens is 1. The van der Waals surface area contributed by atoms with Gasteiger partial charge in [-0.15, -0.1) is 0 Å². The van der Waals surface area contributed by atoms with E-state index < -0.39 is 34.8 Å². The van der Waals surface area contributed by atoms with Crippen molar-refractivity contribution in [3.05, 3.63) is 39.7 Å². The molecule has 28 heavy (non-hydrogen) atoms. The van der Waals surface area contributed by atoms with Gasteiger partial charge in [-0.05, 0) is 31.2 Å². The van der Waals surface area contributed by atoms with Crippen LogP contribution in [0.5, 0.6) is 0 Å². The molecule has 9 heteroatoms. The van der Waals surface area contributed by atoms with Crippen molar-refractivity contribution in [3.8, 4) is 0 Å². The first-order chi connectivity index (χ1) is 13.3. The normalized spacial score (nSPS) is 28.8. The minimum Gasteiger partial charge on any atom is -0.477 e. The second-order valence-corrected chi connectivity index (χ2v) is 8.17. The van der Waals surface area contributed by atoms with Gasteiger partial charge < -0.3 is 20.3 Å². The van der Waals surface area contributed by atoms with Gasteiger partial charge in [0.1, 0.15) is 17.1 Å². The zero-order chi connectivity index (χ0) is 19.8. The highest BCUT2D eigenvalue weighted by atomic mass is 19.1. The lowest BCUT2D eigenvalue weighted by molar-refractivity contribution is -0.0863. The van der Waals surface area contributed by atoms with Crippen molar-refractivity contribution in [2.45, 2.75) is 31.0 Å². The van der Waals surface area contributed by atoms with E-state index in [1.807, 2.05) is 0 Å². The van der Waals surface area contributed by atoms with Crippen LogP contribution in [0.3, 0.4) is 0 Å². The summed E-state index contributed by atoms with van der Waals surface area (Å²) in [6.45, 7) is 1.08. The van der Waals surface area contributed by atoms with E-state index in [0.717, 1.165) is 25.3 Å². The molecule has 2 aromatic rings. The fourth-order valence-electron chi connectivity index (χ4n) is 4.93. The minimum atomic E-state index is -1.40. The van der Waals surface area contributed by atoms with Crippen LogP contribution in [0.1, 0.15) is 29.6 Å². The van der Waals surface area contributed by atoms with Gasteiger partial charge >= 0.3 is 5.97 Å². The van der Waals surface area contributed by atoms with Crippen LogP contribution >= 0.6 is 0 Å². The number of carboxylic acid groups (broad SMARTS) is 1. The van der Waals surface area contributed by atoms with Crippen LogP contribution in [0.4, 0.5) is 14.5 Å². The zero-order valence-corrected chi connectivity index (χ0v) is 15.0. The average molecular weight is 390 g/mol. The Hall–Kier alpha value is -2.52. The first-order valence-electron chi connectivity index (χ1n) is 9.36. The number of carboxylic acids is 1. The lowest BCUT2D eigenvalue weighted by Crippen LogP contribution is -2.59. The van der Waals surface area contributed by atoms with E-state index in [4.69, 9.17) is 5.73 Å². The first-order valence-corrected chi connectivity index (χ1v) is 9.36. The molecule has 148 valence electrons. The van der Waals surface area contributed by atoms with E-state index in [0.29, 0.717) is 19.0 Å². The van der Waals surface area contributed by atoms with Gasteiger partial charge in [0.15, 0.2) is 5.82 Å². The zero-order valence-electron chi connectivity index (χ0n) is 15.0. The number of nitrogens with one attached hydrogen (secondary N) is 1. The number of hydrogen-bond donors (Lipinski definition) is 3. The summed E-state index contributed by atoms with van der Waals surface area (Å²) in [5.41, 5.74) is 3.93. The van der Waals surface area contributed by atoms with E-state index in [1.54, 1.807) is 4.57 Å². The van der Waals surface area contributed by atoms with Gasteiger partial charge in [-0.2, -0.15) is 0 Å². The van der Waals surface area contributed by atoms with Crippen molar-refractivity contribution in [1.29, 1.82) is 0 Å². The number of hydrogen-bond acceptors (Lipinski definition) is 5. The Morgan fingerprint density at radius 2 is 2.04 bits per heavy atom. The molecule has 0 radical (unpaired) electrons. The molecule has 3 saturated carbocycles. The summed E-state index contributed by atoms with van der Waals surface area (Å²) in [6.07, 6.45) is 3.26. The maximum atomic E-state index is 15.7. The van der Waals surface area contributed by atoms with Gasteiger partial charge in [0, 0.05) is 31.4 Å². The molecule has 1 aromatic carbocycles. The molecule has 4 fully saturated rings. The lowest BCUT2D eigenvalue weighted by Gasteiger charge is -2.63. The van der Waals surface area contributed by atoms with E-state index in [-0.39, 0.29) is 28.7 Å². The number of piperazine rings is 1. The van der Waals surface area contributed by atoms with Gasteiger partial charge in [-0.3, -0.25) is 10.1 Å². The van der Waals surface area contributed by atoms with Crippen LogP contribution in [0.25, 0.3) is 10.9 Å². The number of rotatable bonds is 3. The predicted molar refractivity (Wildman–Crippen MR) is 98.6 cm³/mol. The van der Waals surface area contributed by atoms with Crippen LogP contribution in [-0.4, -0.2) is 41.4 Å². The molecule has 2 heterocycles. The van der Waals surface area contributed by atoms with Crippen molar-refractivity contribution in [1.82, 2.24) is 9.88 Å². The van der Waals surface area contributed by atoms with Crippen molar-refractivity contribution in [3.63, 3.8) is 0 Å². The van der Waals surface area contributed by atoms with Crippen LogP contribution in [0.15, 0.2) is 17.1 Å². The molecule has 1 unspecified atom stereocenters. The second kappa shape index (κ2) is 5.74. The van der Waals surface area contributed by atoms with Crippen molar-refractivity contribution >= 4 is 22.6 Å². The van der Waals surface area contributed by atoms with Gasteiger partial charge in [0.2, 0.25) is 5.43 Å². The monoisotopic (exact) mass is 390 g/mol. The Bertz CT molecular complexity index is 1070. The standard InChI is InChI=1S/C19H20F2N4O3/c20-12-3-10-15(14(21)16(12)24-2-1-23-13(22)8-24)25(19-4-9(5-19)6-19)7-11(17(10)26)18(27)28/h3,7,9,13,23H,1-2,4-6,8,22H2,(H,27,28). The smallest absolute Gasteiger partial charge is 0.341 e. The van der Waals surface area contributed by atoms with Gasteiger partial charge in [-0.1, -0.05) is 0 Å². The fraction of sp³-hybridized carbons (Fsp3) is 0.474. The maximum Gasteiger partial charge on any atom is 0.341 e. The van der Waals surface area contributed by atoms with Crippen LogP contribution in [0.2, 0.25) is 0 Å². The first kappa shape index (κ1) is 17.6. The number of carbonyl (C=O) groups is 1. The third kappa shape index (κ3) is 2.26. The number of pyridine rings is 1. The van der Waals surface area contributed by atoms with Crippen LogP contribution in [-0.2, 0) is 5.54 Å². The molecule has 4 aliphatic rings. The minimum absolute atomic E-state index is 0.0170. The Morgan fingerprint density at radius 1 is 1.32 bits per heavy atom. The molecule has 1 aromatic heterocycles. The summed E-state index contributed by atoms with van der Waals surface area (Å²) in [4.78, 5) is 25.7. The molecule has 2 bridgehead atoms. The SMILES string of the molecule is NC1CN(c2c(F)cc3c(=O)c(C(=O)O)cn(C45CC(C4)C5)c3c2F)CCN1. The van der Waals surface area contributed by atoms with Gasteiger partial charge in [-0.25, -0.2) is 13.6 Å². The number of anilines is 1. The van der Waals surface area contributed by atoms with Crippen LogP contribution < -0.4 is 21.4 Å². The Morgan fingerprint density at radius 3 is 2.61 bits per heavy atom. The summed E-state index contributed by atoms with van der Waals surface area (Å²) in [5.74, 6) is -2.56. The molecular weight excluding hydrogens is 370 g/mol. The third-order valence-corrected chi connectivity index (χ3v) is 6.43. The second-order valence-electron chi connectivity index (χ2n) is 8.17. The van der Waals surface area contributed by atoms with Crippen molar-refractivity contribution in [2.24, 2.45) is 11.7 Å². The number of nitrogens with zero attached hydrogens (tertiary/aromatic N) is 2. The number of aromatic carboxylic acids is 1. The summed E-state index contributed by atoms with van der Waals surface area (Å²) in [6, 6.07) is 0.970. The number of benzene rings is 1. The average Bonchev–Trinajstić information content (AvgIpc) is 2.54. The number of nitrogens with two attached hydrogens (primary N) is 1. The summed E-state index contributed by atoms with van der Waals surface area (Å²) < 4.78 is 32.2. The summed E-state index contributed by atoms with van der Waals surface area (Å²) >= 11 is 0. The summed E-state index contributed by atoms with van der Waals surface area (Å²) in [5, 5.41) is 12.2. The van der Waals surface area contributed by atoms with E-state index in [2.05, 4.69) is 5.32 Å². The molecule has 1 atom stereocenters. The Labute approximate surface area is 158 Å².